The van der Waals surface area contributed by atoms with E-state index in [9.17, 15) is 18.0 Å². The molecule has 0 fully saturated rings. The van der Waals surface area contributed by atoms with Gasteiger partial charge in [-0.2, -0.15) is 4.39 Å². The van der Waals surface area contributed by atoms with Crippen molar-refractivity contribution in [2.24, 2.45) is 0 Å². The smallest absolute Gasteiger partial charge is 0.339 e. The largest absolute Gasteiger partial charge is 0.465 e. The Morgan fingerprint density at radius 2 is 2.13 bits per heavy atom. The van der Waals surface area contributed by atoms with Gasteiger partial charge >= 0.3 is 5.97 Å². The first-order valence-corrected chi connectivity index (χ1v) is 4.00. The summed E-state index contributed by atoms with van der Waals surface area (Å²) in [6, 6.07) is 0. The molecule has 0 aliphatic carbocycles. The molecular weight excluding hydrogens is 211 g/mol. The second-order valence-corrected chi connectivity index (χ2v) is 2.79. The van der Waals surface area contributed by atoms with Gasteiger partial charge in [0.15, 0.2) is 0 Å². The monoisotopic (exact) mass is 219 g/mol. The number of rotatable bonds is 2. The number of esters is 1. The number of alkyl halides is 2. The minimum Gasteiger partial charge on any atom is -0.465 e. The summed E-state index contributed by atoms with van der Waals surface area (Å²) in [5, 5.41) is 0. The molecule has 0 spiro atoms. The maximum atomic E-state index is 12.9. The Labute approximate surface area is 83.9 Å². The number of aromatic nitrogens is 1. The van der Waals surface area contributed by atoms with E-state index in [-0.39, 0.29) is 11.1 Å². The SMILES string of the molecule is COC(=O)c1cnc(F)c(C(F)F)c1C. The van der Waals surface area contributed by atoms with Crippen molar-refractivity contribution in [2.45, 2.75) is 13.3 Å². The zero-order valence-corrected chi connectivity index (χ0v) is 8.05. The number of carbonyl (C=O) groups excluding carboxylic acids is 1. The molecule has 1 aromatic rings. The van der Waals surface area contributed by atoms with Crippen molar-refractivity contribution in [1.29, 1.82) is 0 Å². The van der Waals surface area contributed by atoms with Gasteiger partial charge in [-0.3, -0.25) is 0 Å². The van der Waals surface area contributed by atoms with Crippen LogP contribution in [-0.4, -0.2) is 18.1 Å². The number of nitrogens with zero attached hydrogens (tertiary/aromatic N) is 1. The van der Waals surface area contributed by atoms with Crippen LogP contribution in [0.15, 0.2) is 6.20 Å². The standard InChI is InChI=1S/C9H8F3NO2/c1-4-5(9(14)15-2)3-13-8(12)6(4)7(10)11/h3,7H,1-2H3. The van der Waals surface area contributed by atoms with Crippen LogP contribution in [0, 0.1) is 12.9 Å². The van der Waals surface area contributed by atoms with Crippen molar-refractivity contribution >= 4 is 5.97 Å². The Balaban J connectivity index is 3.35. The molecule has 6 heteroatoms. The van der Waals surface area contributed by atoms with Crippen molar-refractivity contribution in [3.05, 3.63) is 28.8 Å². The van der Waals surface area contributed by atoms with Gasteiger partial charge in [0.05, 0.1) is 18.2 Å². The number of pyridine rings is 1. The van der Waals surface area contributed by atoms with Crippen LogP contribution in [0.25, 0.3) is 0 Å². The predicted molar refractivity (Wildman–Crippen MR) is 45.2 cm³/mol. The number of methoxy groups -OCH3 is 1. The third-order valence-corrected chi connectivity index (χ3v) is 1.96. The van der Waals surface area contributed by atoms with Crippen molar-refractivity contribution in [3.8, 4) is 0 Å². The molecule has 0 saturated heterocycles. The first kappa shape index (κ1) is 11.5. The maximum absolute atomic E-state index is 12.9. The Morgan fingerprint density at radius 3 is 2.60 bits per heavy atom. The van der Waals surface area contributed by atoms with Gasteiger partial charge in [-0.25, -0.2) is 18.6 Å². The van der Waals surface area contributed by atoms with Gasteiger partial charge in [0.2, 0.25) is 5.95 Å². The van der Waals surface area contributed by atoms with E-state index in [1.54, 1.807) is 0 Å². The summed E-state index contributed by atoms with van der Waals surface area (Å²) in [6.07, 6.45) is -2.13. The average molecular weight is 219 g/mol. The predicted octanol–water partition coefficient (Wildman–Crippen LogP) is 2.25. The van der Waals surface area contributed by atoms with Gasteiger partial charge in [0.25, 0.3) is 6.43 Å². The van der Waals surface area contributed by atoms with E-state index in [0.29, 0.717) is 0 Å². The van der Waals surface area contributed by atoms with Gasteiger partial charge in [0.1, 0.15) is 0 Å². The molecule has 1 rings (SSSR count). The maximum Gasteiger partial charge on any atom is 0.339 e. The molecule has 0 saturated carbocycles. The lowest BCUT2D eigenvalue weighted by atomic mass is 10.1. The van der Waals surface area contributed by atoms with E-state index >= 15 is 0 Å². The van der Waals surface area contributed by atoms with E-state index in [1.165, 1.54) is 6.92 Å². The fourth-order valence-electron chi connectivity index (χ4n) is 1.16. The summed E-state index contributed by atoms with van der Waals surface area (Å²) in [5.74, 6) is -2.09. The van der Waals surface area contributed by atoms with Crippen LogP contribution in [0.3, 0.4) is 0 Å². The van der Waals surface area contributed by atoms with Crippen LogP contribution in [-0.2, 0) is 4.74 Å². The van der Waals surface area contributed by atoms with E-state index in [2.05, 4.69) is 9.72 Å². The van der Waals surface area contributed by atoms with Crippen LogP contribution in [0.1, 0.15) is 27.9 Å². The first-order chi connectivity index (χ1) is 6.99. The highest BCUT2D eigenvalue weighted by molar-refractivity contribution is 5.90. The summed E-state index contributed by atoms with van der Waals surface area (Å²) >= 11 is 0. The third-order valence-electron chi connectivity index (χ3n) is 1.96. The zero-order valence-electron chi connectivity index (χ0n) is 8.05. The molecule has 0 radical (unpaired) electrons. The summed E-state index contributed by atoms with van der Waals surface area (Å²) in [5.41, 5.74) is -1.17. The average Bonchev–Trinajstić information content (AvgIpc) is 2.16. The molecule has 0 N–H and O–H groups in total. The highest BCUT2D eigenvalue weighted by atomic mass is 19.3. The molecule has 82 valence electrons. The van der Waals surface area contributed by atoms with E-state index in [4.69, 9.17) is 0 Å². The summed E-state index contributed by atoms with van der Waals surface area (Å²) in [4.78, 5) is 14.2. The first-order valence-electron chi connectivity index (χ1n) is 4.00. The molecule has 1 heterocycles. The molecular formula is C9H8F3NO2. The van der Waals surface area contributed by atoms with Gasteiger partial charge < -0.3 is 4.74 Å². The van der Waals surface area contributed by atoms with E-state index in [1.807, 2.05) is 0 Å². The normalized spacial score (nSPS) is 10.5. The zero-order chi connectivity index (χ0) is 11.6. The van der Waals surface area contributed by atoms with Crippen molar-refractivity contribution < 1.29 is 22.7 Å². The minimum absolute atomic E-state index is 0.149. The van der Waals surface area contributed by atoms with Crippen LogP contribution in [0.4, 0.5) is 13.2 Å². The Morgan fingerprint density at radius 1 is 1.53 bits per heavy atom. The van der Waals surface area contributed by atoms with Crippen LogP contribution in [0.5, 0.6) is 0 Å². The molecule has 1 aromatic heterocycles. The molecule has 0 bridgehead atoms. The second-order valence-electron chi connectivity index (χ2n) is 2.79. The Kier molecular flexibility index (Phi) is 3.28. The van der Waals surface area contributed by atoms with Crippen LogP contribution in [0.2, 0.25) is 0 Å². The fourth-order valence-corrected chi connectivity index (χ4v) is 1.16. The molecule has 15 heavy (non-hydrogen) atoms. The summed E-state index contributed by atoms with van der Waals surface area (Å²) < 4.78 is 42.1. The second kappa shape index (κ2) is 4.29. The summed E-state index contributed by atoms with van der Waals surface area (Å²) in [7, 11) is 1.10. The molecule has 0 unspecified atom stereocenters. The van der Waals surface area contributed by atoms with Crippen molar-refractivity contribution in [1.82, 2.24) is 4.98 Å². The molecule has 0 aliphatic heterocycles. The van der Waals surface area contributed by atoms with Gasteiger partial charge in [-0.1, -0.05) is 0 Å². The molecule has 0 aromatic carbocycles. The summed E-state index contributed by atoms with van der Waals surface area (Å²) in [6.45, 7) is 1.22. The van der Waals surface area contributed by atoms with Gasteiger partial charge in [-0.05, 0) is 12.5 Å². The van der Waals surface area contributed by atoms with Crippen LogP contribution >= 0.6 is 0 Å². The highest BCUT2D eigenvalue weighted by Gasteiger charge is 2.22. The van der Waals surface area contributed by atoms with Gasteiger partial charge in [-0.15, -0.1) is 0 Å². The lowest BCUT2D eigenvalue weighted by Gasteiger charge is -2.09. The lowest BCUT2D eigenvalue weighted by molar-refractivity contribution is 0.0598. The van der Waals surface area contributed by atoms with E-state index < -0.39 is 23.9 Å². The molecule has 3 nitrogen and oxygen atoms in total. The molecule has 0 aliphatic rings. The molecule has 0 amide bonds. The van der Waals surface area contributed by atoms with E-state index in [0.717, 1.165) is 13.3 Å². The molecule has 0 atom stereocenters. The third kappa shape index (κ3) is 2.08. The Hall–Kier alpha value is -1.59. The lowest BCUT2D eigenvalue weighted by Crippen LogP contribution is -2.09. The number of carbonyl (C=O) groups is 1. The quantitative estimate of drug-likeness (QED) is 0.565. The number of hydrogen-bond donors (Lipinski definition) is 0. The topological polar surface area (TPSA) is 39.2 Å². The highest BCUT2D eigenvalue weighted by Crippen LogP contribution is 2.26. The van der Waals surface area contributed by atoms with Crippen LogP contribution < -0.4 is 0 Å². The van der Waals surface area contributed by atoms with Crippen molar-refractivity contribution in [2.75, 3.05) is 7.11 Å². The minimum atomic E-state index is -3.01. The number of halogens is 3. The van der Waals surface area contributed by atoms with Gasteiger partial charge in [0, 0.05) is 6.20 Å². The Bertz CT molecular complexity index is 393. The number of hydrogen-bond acceptors (Lipinski definition) is 3. The fraction of sp³-hybridized carbons (Fsp3) is 0.333. The van der Waals surface area contributed by atoms with Crippen molar-refractivity contribution in [3.63, 3.8) is 0 Å². The number of ether oxygens (including phenoxy) is 1.